The second-order valence-electron chi connectivity index (χ2n) is 5.07. The van der Waals surface area contributed by atoms with Crippen molar-refractivity contribution in [1.29, 1.82) is 0 Å². The Morgan fingerprint density at radius 1 is 1.28 bits per heavy atom. The predicted octanol–water partition coefficient (Wildman–Crippen LogP) is 4.02. The number of anilines is 1. The molecule has 3 rings (SSSR count). The summed E-state index contributed by atoms with van der Waals surface area (Å²) in [5.41, 5.74) is 1.57. The van der Waals surface area contributed by atoms with Crippen molar-refractivity contribution >= 4 is 50.9 Å². The van der Waals surface area contributed by atoms with Gasteiger partial charge in [-0.25, -0.2) is 0 Å². The lowest BCUT2D eigenvalue weighted by molar-refractivity contribution is -0.113. The van der Waals surface area contributed by atoms with E-state index in [0.29, 0.717) is 15.9 Å². The highest BCUT2D eigenvalue weighted by atomic mass is 79.9. The minimum atomic E-state index is -0.142. The number of thioether (sulfide) groups is 1. The van der Waals surface area contributed by atoms with E-state index in [1.807, 2.05) is 23.7 Å². The number of aromatic nitrogens is 4. The van der Waals surface area contributed by atoms with Crippen molar-refractivity contribution in [1.82, 2.24) is 19.7 Å². The summed E-state index contributed by atoms with van der Waals surface area (Å²) in [7, 11) is 1.87. The molecule has 0 saturated carbocycles. The molecule has 1 amide bonds. The minimum Gasteiger partial charge on any atom is -0.325 e. The van der Waals surface area contributed by atoms with Crippen molar-refractivity contribution in [2.45, 2.75) is 5.16 Å². The Kier molecular flexibility index (Phi) is 5.72. The summed E-state index contributed by atoms with van der Waals surface area (Å²) >= 11 is 10.7. The van der Waals surface area contributed by atoms with Gasteiger partial charge in [-0.1, -0.05) is 23.4 Å². The van der Waals surface area contributed by atoms with E-state index >= 15 is 0 Å². The fraction of sp³-hybridized carbons (Fsp3) is 0.125. The average molecular weight is 439 g/mol. The molecule has 0 saturated heterocycles. The second-order valence-corrected chi connectivity index (χ2v) is 7.27. The fourth-order valence-electron chi connectivity index (χ4n) is 2.09. The molecule has 0 aliphatic carbocycles. The van der Waals surface area contributed by atoms with Gasteiger partial charge < -0.3 is 9.88 Å². The molecule has 9 heteroatoms. The zero-order valence-corrected chi connectivity index (χ0v) is 16.3. The summed E-state index contributed by atoms with van der Waals surface area (Å²) in [6.45, 7) is 0. The predicted molar refractivity (Wildman–Crippen MR) is 103 cm³/mol. The Hall–Kier alpha value is -1.90. The number of carbonyl (C=O) groups is 1. The van der Waals surface area contributed by atoms with E-state index in [0.717, 1.165) is 15.9 Å². The van der Waals surface area contributed by atoms with Crippen LogP contribution in [0.5, 0.6) is 0 Å². The highest BCUT2D eigenvalue weighted by molar-refractivity contribution is 9.10. The minimum absolute atomic E-state index is 0.142. The van der Waals surface area contributed by atoms with Gasteiger partial charge in [-0.2, -0.15) is 0 Å². The molecular formula is C16H13BrClN5OS. The van der Waals surface area contributed by atoms with Gasteiger partial charge in [0.2, 0.25) is 5.91 Å². The summed E-state index contributed by atoms with van der Waals surface area (Å²) < 4.78 is 2.63. The monoisotopic (exact) mass is 437 g/mol. The smallest absolute Gasteiger partial charge is 0.234 e. The molecule has 0 unspecified atom stereocenters. The van der Waals surface area contributed by atoms with E-state index in [1.54, 1.807) is 30.6 Å². The quantitative estimate of drug-likeness (QED) is 0.609. The largest absolute Gasteiger partial charge is 0.325 e. The molecule has 0 aliphatic heterocycles. The molecule has 1 aromatic carbocycles. The van der Waals surface area contributed by atoms with Gasteiger partial charge in [-0.3, -0.25) is 9.78 Å². The van der Waals surface area contributed by atoms with Gasteiger partial charge in [0, 0.05) is 35.2 Å². The number of nitrogens with zero attached hydrogens (tertiary/aromatic N) is 4. The third-order valence-corrected chi connectivity index (χ3v) is 5.56. The molecule has 0 aliphatic rings. The maximum absolute atomic E-state index is 12.1. The third kappa shape index (κ3) is 4.39. The number of rotatable bonds is 5. The molecule has 0 fully saturated rings. The number of hydrogen-bond donors (Lipinski definition) is 1. The summed E-state index contributed by atoms with van der Waals surface area (Å²) in [4.78, 5) is 16.1. The standard InChI is InChI=1S/C16H13BrClN5OS/c1-23-15(10-4-6-19-7-5-10)21-22-16(23)25-9-14(24)20-11-2-3-12(17)13(18)8-11/h2-8H,9H2,1H3,(H,20,24). The molecule has 3 aromatic rings. The second kappa shape index (κ2) is 7.99. The number of pyridine rings is 1. The van der Waals surface area contributed by atoms with Gasteiger partial charge in [0.25, 0.3) is 0 Å². The van der Waals surface area contributed by atoms with E-state index in [2.05, 4.69) is 36.4 Å². The van der Waals surface area contributed by atoms with E-state index in [4.69, 9.17) is 11.6 Å². The number of nitrogens with one attached hydrogen (secondary N) is 1. The maximum Gasteiger partial charge on any atom is 0.234 e. The number of amides is 1. The Morgan fingerprint density at radius 3 is 2.76 bits per heavy atom. The van der Waals surface area contributed by atoms with Crippen LogP contribution in [-0.4, -0.2) is 31.4 Å². The van der Waals surface area contributed by atoms with Crippen LogP contribution < -0.4 is 5.32 Å². The zero-order chi connectivity index (χ0) is 17.8. The van der Waals surface area contributed by atoms with Crippen LogP contribution in [0.1, 0.15) is 0 Å². The highest BCUT2D eigenvalue weighted by Crippen LogP contribution is 2.26. The number of benzene rings is 1. The lowest BCUT2D eigenvalue weighted by Gasteiger charge is -2.06. The summed E-state index contributed by atoms with van der Waals surface area (Å²) in [6.07, 6.45) is 3.40. The summed E-state index contributed by atoms with van der Waals surface area (Å²) in [5, 5.41) is 12.3. The van der Waals surface area contributed by atoms with Crippen LogP contribution in [0.2, 0.25) is 5.02 Å². The van der Waals surface area contributed by atoms with Gasteiger partial charge in [0.15, 0.2) is 11.0 Å². The molecule has 25 heavy (non-hydrogen) atoms. The first-order valence-electron chi connectivity index (χ1n) is 7.22. The number of hydrogen-bond acceptors (Lipinski definition) is 5. The number of halogens is 2. The van der Waals surface area contributed by atoms with Crippen molar-refractivity contribution in [3.05, 3.63) is 52.2 Å². The molecule has 2 aromatic heterocycles. The van der Waals surface area contributed by atoms with E-state index < -0.39 is 0 Å². The molecule has 2 heterocycles. The Labute approximate surface area is 162 Å². The topological polar surface area (TPSA) is 72.7 Å². The summed E-state index contributed by atoms with van der Waals surface area (Å²) in [6, 6.07) is 8.99. The van der Waals surface area contributed by atoms with Crippen LogP contribution in [0, 0.1) is 0 Å². The van der Waals surface area contributed by atoms with Gasteiger partial charge in [0.05, 0.1) is 10.8 Å². The highest BCUT2D eigenvalue weighted by Gasteiger charge is 2.13. The lowest BCUT2D eigenvalue weighted by Crippen LogP contribution is -2.14. The van der Waals surface area contributed by atoms with Crippen LogP contribution in [0.3, 0.4) is 0 Å². The zero-order valence-electron chi connectivity index (χ0n) is 13.1. The molecule has 0 atom stereocenters. The van der Waals surface area contributed by atoms with Crippen molar-refractivity contribution < 1.29 is 4.79 Å². The first-order valence-corrected chi connectivity index (χ1v) is 9.38. The third-order valence-electron chi connectivity index (χ3n) is 3.31. The fourth-order valence-corrected chi connectivity index (χ4v) is 3.23. The van der Waals surface area contributed by atoms with Crippen LogP contribution in [0.15, 0.2) is 52.4 Å². The van der Waals surface area contributed by atoms with Crippen LogP contribution >= 0.6 is 39.3 Å². The first kappa shape index (κ1) is 17.9. The van der Waals surface area contributed by atoms with Gasteiger partial charge in [-0.05, 0) is 46.3 Å². The summed E-state index contributed by atoms with van der Waals surface area (Å²) in [5.74, 6) is 0.803. The number of carbonyl (C=O) groups excluding carboxylic acids is 1. The van der Waals surface area contributed by atoms with Gasteiger partial charge >= 0.3 is 0 Å². The Bertz CT molecular complexity index is 903. The molecule has 0 spiro atoms. The molecule has 0 bridgehead atoms. The van der Waals surface area contributed by atoms with Crippen molar-refractivity contribution in [3.63, 3.8) is 0 Å². The maximum atomic E-state index is 12.1. The van der Waals surface area contributed by atoms with Gasteiger partial charge in [-0.15, -0.1) is 10.2 Å². The molecule has 6 nitrogen and oxygen atoms in total. The Morgan fingerprint density at radius 2 is 2.04 bits per heavy atom. The first-order chi connectivity index (χ1) is 12.0. The van der Waals surface area contributed by atoms with Crippen LogP contribution in [0.25, 0.3) is 11.4 Å². The van der Waals surface area contributed by atoms with Crippen molar-refractivity contribution in [2.24, 2.45) is 7.05 Å². The molecular weight excluding hydrogens is 426 g/mol. The SMILES string of the molecule is Cn1c(SCC(=O)Nc2ccc(Br)c(Cl)c2)nnc1-c1ccncc1. The lowest BCUT2D eigenvalue weighted by atomic mass is 10.2. The van der Waals surface area contributed by atoms with Crippen molar-refractivity contribution in [2.75, 3.05) is 11.1 Å². The van der Waals surface area contributed by atoms with E-state index in [-0.39, 0.29) is 11.7 Å². The molecule has 0 radical (unpaired) electrons. The molecule has 1 N–H and O–H groups in total. The Balaban J connectivity index is 1.63. The van der Waals surface area contributed by atoms with E-state index in [9.17, 15) is 4.79 Å². The van der Waals surface area contributed by atoms with Gasteiger partial charge in [0.1, 0.15) is 0 Å². The molecule has 128 valence electrons. The van der Waals surface area contributed by atoms with Crippen molar-refractivity contribution in [3.8, 4) is 11.4 Å². The van der Waals surface area contributed by atoms with Crippen LogP contribution in [0.4, 0.5) is 5.69 Å². The normalized spacial score (nSPS) is 10.7. The average Bonchev–Trinajstić information content (AvgIpc) is 2.98. The van der Waals surface area contributed by atoms with Crippen LogP contribution in [-0.2, 0) is 11.8 Å². The van der Waals surface area contributed by atoms with E-state index in [1.165, 1.54) is 11.8 Å².